The van der Waals surface area contributed by atoms with Crippen molar-refractivity contribution in [3.8, 4) is 5.75 Å². The maximum absolute atomic E-state index is 12.5. The highest BCUT2D eigenvalue weighted by molar-refractivity contribution is 5.47. The molecule has 84 valence electrons. The van der Waals surface area contributed by atoms with E-state index in [4.69, 9.17) is 10.8 Å². The van der Waals surface area contributed by atoms with Crippen LogP contribution in [0.3, 0.4) is 0 Å². The number of hydrogen-bond acceptors (Lipinski definition) is 2. The Bertz CT molecular complexity index is 356. The first-order valence-corrected chi connectivity index (χ1v) is 3.85. The van der Waals surface area contributed by atoms with Gasteiger partial charge in [-0.1, -0.05) is 0 Å². The van der Waals surface area contributed by atoms with E-state index in [0.717, 1.165) is 12.1 Å². The second kappa shape index (κ2) is 3.93. The van der Waals surface area contributed by atoms with Gasteiger partial charge in [-0.15, -0.1) is 8.78 Å². The molecular formula is C8H8F4NO2+. The summed E-state index contributed by atoms with van der Waals surface area (Å²) in [7, 11) is 0. The van der Waals surface area contributed by atoms with Crippen LogP contribution in [0, 0.1) is 0 Å². The summed E-state index contributed by atoms with van der Waals surface area (Å²) in [4.78, 5) is 0. The zero-order valence-corrected chi connectivity index (χ0v) is 7.38. The monoisotopic (exact) mass is 226 g/mol. The third kappa shape index (κ3) is 2.72. The normalized spacial score (nSPS) is 12.1. The highest BCUT2D eigenvalue weighted by Crippen LogP contribution is 2.33. The van der Waals surface area contributed by atoms with E-state index in [1.807, 2.05) is 0 Å². The highest BCUT2D eigenvalue weighted by atomic mass is 19.6. The molecule has 0 heterocycles. The molecule has 3 N–H and O–H groups in total. The van der Waals surface area contributed by atoms with Crippen LogP contribution in [0.5, 0.6) is 5.75 Å². The first kappa shape index (κ1) is 11.6. The molecule has 0 aliphatic heterocycles. The Kier molecular flexibility index (Phi) is 3.04. The lowest BCUT2D eigenvalue weighted by Crippen LogP contribution is -2.26. The maximum Gasteiger partial charge on any atom is 0.569 e. The first-order valence-electron chi connectivity index (χ1n) is 3.85. The molecule has 0 aliphatic carbocycles. The quantitative estimate of drug-likeness (QED) is 0.360. The fraction of sp³-hybridized carbons (Fsp3) is 0.250. The van der Waals surface area contributed by atoms with E-state index in [1.54, 1.807) is 0 Å². The number of halogens is 4. The van der Waals surface area contributed by atoms with Crippen molar-refractivity contribution < 1.29 is 27.7 Å². The molecule has 0 aromatic heterocycles. The van der Waals surface area contributed by atoms with Gasteiger partial charge in [-0.25, -0.2) is 0 Å². The van der Waals surface area contributed by atoms with Crippen LogP contribution >= 0.6 is 0 Å². The van der Waals surface area contributed by atoms with Crippen molar-refractivity contribution in [2.45, 2.75) is 12.5 Å². The lowest BCUT2D eigenvalue weighted by molar-refractivity contribution is -0.617. The molecule has 0 spiro atoms. The van der Waals surface area contributed by atoms with Crippen LogP contribution in [0.4, 0.5) is 23.5 Å². The number of benzene rings is 1. The van der Waals surface area contributed by atoms with Gasteiger partial charge in [0.1, 0.15) is 16.9 Å². The summed E-state index contributed by atoms with van der Waals surface area (Å²) in [5, 5.41) is 9.12. The minimum absolute atomic E-state index is 0.105. The average molecular weight is 226 g/mol. The molecule has 0 radical (unpaired) electrons. The molecule has 1 rings (SSSR count). The average Bonchev–Trinajstić information content (AvgIpc) is 2.10. The van der Waals surface area contributed by atoms with Crippen molar-refractivity contribution in [3.05, 3.63) is 23.8 Å². The van der Waals surface area contributed by atoms with Crippen LogP contribution in [-0.2, 0) is 11.2 Å². The second-order valence-electron chi connectivity index (χ2n) is 2.91. The number of phenolic OH excluding ortho intramolecular Hbond substituents is 1. The summed E-state index contributed by atoms with van der Waals surface area (Å²) in [5.74, 6) is -0.508. The molecule has 0 unspecified atom stereocenters. The van der Waals surface area contributed by atoms with Gasteiger partial charge in [0.05, 0.1) is 0 Å². The molecule has 0 atom stereocenters. The Morgan fingerprint density at radius 3 is 2.47 bits per heavy atom. The zero-order valence-electron chi connectivity index (χ0n) is 7.38. The van der Waals surface area contributed by atoms with Gasteiger partial charge in [-0.05, 0) is 18.2 Å². The van der Waals surface area contributed by atoms with Crippen LogP contribution < -0.4 is 5.73 Å². The molecule has 0 saturated carbocycles. The standard InChI is InChI=1S/C8H7F4NO2/c9-8(10,15(11)12)4-5-3-6(13)1-2-7(5)14/h1-3H,4,13H2/p+1. The predicted octanol–water partition coefficient (Wildman–Crippen LogP) is 2.43. The summed E-state index contributed by atoms with van der Waals surface area (Å²) in [6, 6.07) is 3.34. The molecule has 1 aromatic rings. The minimum Gasteiger partial charge on any atom is -0.508 e. The van der Waals surface area contributed by atoms with Gasteiger partial charge in [0.25, 0.3) is 0 Å². The van der Waals surface area contributed by atoms with Crippen molar-refractivity contribution in [2.75, 3.05) is 5.73 Å². The number of phenols is 1. The third-order valence-electron chi connectivity index (χ3n) is 1.73. The van der Waals surface area contributed by atoms with Crippen molar-refractivity contribution in [1.82, 2.24) is 0 Å². The smallest absolute Gasteiger partial charge is 0.508 e. The van der Waals surface area contributed by atoms with Gasteiger partial charge in [0, 0.05) is 11.3 Å². The predicted molar refractivity (Wildman–Crippen MR) is 44.5 cm³/mol. The topological polar surface area (TPSA) is 49.0 Å². The number of aromatic hydroxyl groups is 1. The van der Waals surface area contributed by atoms with Crippen LogP contribution in [0.1, 0.15) is 5.56 Å². The molecule has 7 heteroatoms. The van der Waals surface area contributed by atoms with E-state index in [1.165, 1.54) is 6.07 Å². The van der Waals surface area contributed by atoms with Crippen LogP contribution in [0.25, 0.3) is 0 Å². The van der Waals surface area contributed by atoms with Gasteiger partial charge in [-0.2, -0.15) is 0 Å². The Morgan fingerprint density at radius 1 is 1.33 bits per heavy atom. The van der Waals surface area contributed by atoms with E-state index < -0.39 is 23.1 Å². The number of alkyl halides is 2. The van der Waals surface area contributed by atoms with Crippen molar-refractivity contribution >= 4 is 5.69 Å². The number of nitrogens with two attached hydrogens (primary N) is 1. The molecule has 15 heavy (non-hydrogen) atoms. The molecule has 0 aliphatic rings. The third-order valence-corrected chi connectivity index (χ3v) is 1.73. The van der Waals surface area contributed by atoms with E-state index in [9.17, 15) is 17.8 Å². The van der Waals surface area contributed by atoms with E-state index in [0.29, 0.717) is 0 Å². The molecule has 0 saturated heterocycles. The Balaban J connectivity index is 2.94. The van der Waals surface area contributed by atoms with Crippen LogP contribution in [0.15, 0.2) is 18.2 Å². The maximum atomic E-state index is 12.5. The molecule has 3 nitrogen and oxygen atoms in total. The van der Waals surface area contributed by atoms with Gasteiger partial charge in [0.2, 0.25) is 0 Å². The van der Waals surface area contributed by atoms with E-state index >= 15 is 0 Å². The fourth-order valence-electron chi connectivity index (χ4n) is 1.02. The number of hydrogen-bond donors (Lipinski definition) is 2. The van der Waals surface area contributed by atoms with Gasteiger partial charge in [-0.3, -0.25) is 0 Å². The number of anilines is 1. The van der Waals surface area contributed by atoms with E-state index in [-0.39, 0.29) is 11.3 Å². The largest absolute Gasteiger partial charge is 0.569 e. The first-order chi connectivity index (χ1) is 6.83. The molecule has 0 amide bonds. The van der Waals surface area contributed by atoms with Crippen molar-refractivity contribution in [1.29, 1.82) is 0 Å². The summed E-state index contributed by atoms with van der Waals surface area (Å²) in [6.45, 7) is 0. The summed E-state index contributed by atoms with van der Waals surface area (Å²) < 4.78 is 46.9. The van der Waals surface area contributed by atoms with E-state index in [2.05, 4.69) is 0 Å². The number of rotatable bonds is 3. The van der Waals surface area contributed by atoms with Crippen molar-refractivity contribution in [2.24, 2.45) is 0 Å². The molecule has 0 bridgehead atoms. The fourth-order valence-corrected chi connectivity index (χ4v) is 1.02. The van der Waals surface area contributed by atoms with Crippen molar-refractivity contribution in [3.63, 3.8) is 0 Å². The number of nitrogen functional groups attached to an aromatic ring is 1. The minimum atomic E-state index is -4.41. The molecular weight excluding hydrogens is 218 g/mol. The van der Waals surface area contributed by atoms with Gasteiger partial charge in [0.15, 0.2) is 9.05 Å². The second-order valence-corrected chi connectivity index (χ2v) is 2.91. The van der Waals surface area contributed by atoms with Gasteiger partial charge >= 0.3 is 6.11 Å². The van der Waals surface area contributed by atoms with Crippen LogP contribution in [-0.4, -0.2) is 11.2 Å². The lowest BCUT2D eigenvalue weighted by atomic mass is 10.1. The lowest BCUT2D eigenvalue weighted by Gasteiger charge is -2.08. The van der Waals surface area contributed by atoms with Gasteiger partial charge < -0.3 is 10.8 Å². The molecule has 1 aromatic carbocycles. The summed E-state index contributed by atoms with van der Waals surface area (Å²) in [6.07, 6.45) is -5.76. The Morgan fingerprint density at radius 2 is 1.93 bits per heavy atom. The SMILES string of the molecule is Nc1ccc(O)c(CC(F)(F)[O+](F)F)c1. The Hall–Kier alpha value is -1.50. The zero-order chi connectivity index (χ0) is 11.6. The highest BCUT2D eigenvalue weighted by Gasteiger charge is 2.52. The summed E-state index contributed by atoms with van der Waals surface area (Å²) >= 11 is 0. The van der Waals surface area contributed by atoms with Crippen LogP contribution in [0.2, 0.25) is 0 Å². The molecule has 0 fully saturated rings. The Labute approximate surface area is 82.2 Å². The summed E-state index contributed by atoms with van der Waals surface area (Å²) in [5.41, 5.74) is 5.01.